The predicted octanol–water partition coefficient (Wildman–Crippen LogP) is 3.31. The Kier molecular flexibility index (Phi) is 6.13. The van der Waals surface area contributed by atoms with Gasteiger partial charge >= 0.3 is 0 Å². The number of hydrogen-bond acceptors (Lipinski definition) is 3. The number of benzene rings is 1. The van der Waals surface area contributed by atoms with E-state index >= 15 is 0 Å². The molecule has 1 aliphatic heterocycles. The number of ether oxygens (including phenoxy) is 1. The minimum absolute atomic E-state index is 0.281. The third-order valence-electron chi connectivity index (χ3n) is 5.43. The summed E-state index contributed by atoms with van der Waals surface area (Å²) in [7, 11) is 1.68. The highest BCUT2D eigenvalue weighted by atomic mass is 16.5. The highest BCUT2D eigenvalue weighted by Crippen LogP contribution is 2.25. The van der Waals surface area contributed by atoms with E-state index in [4.69, 9.17) is 4.74 Å². The van der Waals surface area contributed by atoms with Crippen LogP contribution in [0.25, 0.3) is 0 Å². The molecule has 1 aromatic carbocycles. The smallest absolute Gasteiger partial charge is 0.224 e. The molecule has 132 valence electrons. The molecular weight excluding hydrogens is 300 g/mol. The first-order valence-electron chi connectivity index (χ1n) is 9.37. The number of methoxy groups -OCH3 is 1. The number of nitrogens with zero attached hydrogens (tertiary/aromatic N) is 2. The van der Waals surface area contributed by atoms with Gasteiger partial charge in [-0.15, -0.1) is 0 Å². The van der Waals surface area contributed by atoms with Crippen molar-refractivity contribution in [3.8, 4) is 5.75 Å². The molecule has 1 saturated heterocycles. The van der Waals surface area contributed by atoms with E-state index in [-0.39, 0.29) is 5.91 Å². The third-order valence-corrected chi connectivity index (χ3v) is 5.43. The Balaban J connectivity index is 1.54. The van der Waals surface area contributed by atoms with E-state index in [0.29, 0.717) is 13.0 Å². The Hall–Kier alpha value is -1.55. The van der Waals surface area contributed by atoms with Crippen LogP contribution < -0.4 is 4.74 Å². The van der Waals surface area contributed by atoms with Gasteiger partial charge in [0.15, 0.2) is 0 Å². The molecule has 1 aromatic rings. The first-order valence-corrected chi connectivity index (χ1v) is 9.37. The van der Waals surface area contributed by atoms with Crippen molar-refractivity contribution in [2.24, 2.45) is 5.92 Å². The molecule has 0 bridgehead atoms. The van der Waals surface area contributed by atoms with Crippen LogP contribution in [0.5, 0.6) is 5.75 Å². The van der Waals surface area contributed by atoms with Crippen LogP contribution in [0.2, 0.25) is 0 Å². The lowest BCUT2D eigenvalue weighted by atomic mass is 9.89. The van der Waals surface area contributed by atoms with Gasteiger partial charge in [0.2, 0.25) is 5.91 Å². The van der Waals surface area contributed by atoms with Gasteiger partial charge in [-0.2, -0.15) is 0 Å². The van der Waals surface area contributed by atoms with Crippen LogP contribution in [-0.4, -0.2) is 49.0 Å². The summed E-state index contributed by atoms with van der Waals surface area (Å²) in [4.78, 5) is 17.0. The molecule has 1 heterocycles. The molecule has 3 rings (SSSR count). The van der Waals surface area contributed by atoms with Gasteiger partial charge in [-0.05, 0) is 36.5 Å². The third kappa shape index (κ3) is 4.73. The molecule has 24 heavy (non-hydrogen) atoms. The molecule has 2 fully saturated rings. The molecule has 0 atom stereocenters. The summed E-state index contributed by atoms with van der Waals surface area (Å²) in [5.74, 6) is 1.98. The van der Waals surface area contributed by atoms with E-state index in [1.807, 2.05) is 23.1 Å². The van der Waals surface area contributed by atoms with Crippen LogP contribution in [-0.2, 0) is 11.3 Å². The fourth-order valence-corrected chi connectivity index (χ4v) is 3.99. The summed E-state index contributed by atoms with van der Waals surface area (Å²) in [5.41, 5.74) is 1.14. The Bertz CT molecular complexity index is 540. The number of carbonyl (C=O) groups excluding carboxylic acids is 1. The van der Waals surface area contributed by atoms with Crippen LogP contribution in [0.3, 0.4) is 0 Å². The van der Waals surface area contributed by atoms with E-state index in [9.17, 15) is 4.79 Å². The van der Waals surface area contributed by atoms with Crippen molar-refractivity contribution >= 4 is 5.91 Å². The van der Waals surface area contributed by atoms with E-state index < -0.39 is 0 Å². The van der Waals surface area contributed by atoms with Crippen LogP contribution in [0, 0.1) is 5.92 Å². The average molecular weight is 330 g/mol. The van der Waals surface area contributed by atoms with Gasteiger partial charge in [-0.3, -0.25) is 4.79 Å². The Labute approximate surface area is 145 Å². The maximum absolute atomic E-state index is 12.5. The van der Waals surface area contributed by atoms with Crippen LogP contribution in [0.1, 0.15) is 44.1 Å². The molecule has 4 nitrogen and oxygen atoms in total. The first kappa shape index (κ1) is 17.3. The van der Waals surface area contributed by atoms with Crippen molar-refractivity contribution in [1.29, 1.82) is 0 Å². The van der Waals surface area contributed by atoms with Gasteiger partial charge in [0.25, 0.3) is 0 Å². The number of hydrogen-bond donors (Lipinski definition) is 0. The normalized spacial score (nSPS) is 20.9. The summed E-state index contributed by atoms with van der Waals surface area (Å²) in [6, 6.07) is 8.03. The lowest BCUT2D eigenvalue weighted by Gasteiger charge is -2.28. The van der Waals surface area contributed by atoms with E-state index in [1.165, 1.54) is 38.6 Å². The zero-order valence-corrected chi connectivity index (χ0v) is 14.9. The standard InChI is InChI=1S/C20H30N2O2/c1-24-19-9-5-8-18(14-19)16-22-13-12-21(11-10-20(22)23)15-17-6-3-2-4-7-17/h5,8-9,14,17H,2-4,6-7,10-13,15-16H2,1H3. The molecule has 4 heteroatoms. The SMILES string of the molecule is COc1cccc(CN2CCN(CC3CCCCC3)CCC2=O)c1. The molecule has 1 saturated carbocycles. The monoisotopic (exact) mass is 330 g/mol. The van der Waals surface area contributed by atoms with Crippen molar-refractivity contribution < 1.29 is 9.53 Å². The lowest BCUT2D eigenvalue weighted by Crippen LogP contribution is -2.35. The minimum atomic E-state index is 0.281. The zero-order valence-electron chi connectivity index (χ0n) is 14.9. The number of amides is 1. The van der Waals surface area contributed by atoms with Gasteiger partial charge in [-0.1, -0.05) is 31.4 Å². The van der Waals surface area contributed by atoms with Gasteiger partial charge in [-0.25, -0.2) is 0 Å². The van der Waals surface area contributed by atoms with Crippen molar-refractivity contribution in [3.63, 3.8) is 0 Å². The molecular formula is C20H30N2O2. The van der Waals surface area contributed by atoms with E-state index in [2.05, 4.69) is 11.0 Å². The second-order valence-corrected chi connectivity index (χ2v) is 7.22. The molecule has 0 spiro atoms. The summed E-state index contributed by atoms with van der Waals surface area (Å²) in [6.45, 7) is 4.63. The zero-order chi connectivity index (χ0) is 16.8. The maximum Gasteiger partial charge on any atom is 0.224 e. The van der Waals surface area contributed by atoms with Crippen LogP contribution in [0.15, 0.2) is 24.3 Å². The number of rotatable bonds is 5. The topological polar surface area (TPSA) is 32.8 Å². The molecule has 1 amide bonds. The van der Waals surface area contributed by atoms with Gasteiger partial charge in [0.1, 0.15) is 5.75 Å². The Morgan fingerprint density at radius 1 is 1.12 bits per heavy atom. The molecule has 2 aliphatic rings. The molecule has 0 N–H and O–H groups in total. The summed E-state index contributed by atoms with van der Waals surface area (Å²) >= 11 is 0. The van der Waals surface area contributed by atoms with Crippen molar-refractivity contribution in [3.05, 3.63) is 29.8 Å². The highest BCUT2D eigenvalue weighted by Gasteiger charge is 2.23. The fraction of sp³-hybridized carbons (Fsp3) is 0.650. The van der Waals surface area contributed by atoms with Gasteiger partial charge in [0.05, 0.1) is 7.11 Å². The molecule has 0 unspecified atom stereocenters. The quantitative estimate of drug-likeness (QED) is 0.830. The van der Waals surface area contributed by atoms with E-state index in [0.717, 1.165) is 36.9 Å². The van der Waals surface area contributed by atoms with Crippen molar-refractivity contribution in [1.82, 2.24) is 9.80 Å². The first-order chi connectivity index (χ1) is 11.7. The molecule has 0 radical (unpaired) electrons. The van der Waals surface area contributed by atoms with E-state index in [1.54, 1.807) is 7.11 Å². The Morgan fingerprint density at radius 2 is 1.96 bits per heavy atom. The van der Waals surface area contributed by atoms with Gasteiger partial charge < -0.3 is 14.5 Å². The van der Waals surface area contributed by atoms with Crippen LogP contribution >= 0.6 is 0 Å². The molecule has 0 aromatic heterocycles. The summed E-state index contributed by atoms with van der Waals surface area (Å²) < 4.78 is 5.29. The largest absolute Gasteiger partial charge is 0.497 e. The average Bonchev–Trinajstić information content (AvgIpc) is 2.79. The van der Waals surface area contributed by atoms with Gasteiger partial charge in [0, 0.05) is 39.1 Å². The second kappa shape index (κ2) is 8.52. The molecule has 1 aliphatic carbocycles. The van der Waals surface area contributed by atoms with Crippen LogP contribution in [0.4, 0.5) is 0 Å². The maximum atomic E-state index is 12.5. The highest BCUT2D eigenvalue weighted by molar-refractivity contribution is 5.76. The summed E-state index contributed by atoms with van der Waals surface area (Å²) in [6.07, 6.45) is 7.58. The van der Waals surface area contributed by atoms with Crippen molar-refractivity contribution in [2.75, 3.05) is 33.3 Å². The predicted molar refractivity (Wildman–Crippen MR) is 96.0 cm³/mol. The lowest BCUT2D eigenvalue weighted by molar-refractivity contribution is -0.130. The van der Waals surface area contributed by atoms with Crippen molar-refractivity contribution in [2.45, 2.75) is 45.1 Å². The summed E-state index contributed by atoms with van der Waals surface area (Å²) in [5, 5.41) is 0. The fourth-order valence-electron chi connectivity index (χ4n) is 3.99. The second-order valence-electron chi connectivity index (χ2n) is 7.22. The number of carbonyl (C=O) groups is 1. The minimum Gasteiger partial charge on any atom is -0.497 e. The Morgan fingerprint density at radius 3 is 2.75 bits per heavy atom.